The van der Waals surface area contributed by atoms with Gasteiger partial charge < -0.3 is 14.8 Å². The maximum absolute atomic E-state index is 12.9. The van der Waals surface area contributed by atoms with E-state index in [4.69, 9.17) is 9.47 Å². The van der Waals surface area contributed by atoms with Crippen molar-refractivity contribution in [1.82, 2.24) is 4.72 Å². The van der Waals surface area contributed by atoms with Gasteiger partial charge in [0.1, 0.15) is 5.82 Å². The molecule has 0 aromatic heterocycles. The highest BCUT2D eigenvalue weighted by Gasteiger charge is 2.23. The number of hydrogen-bond acceptors (Lipinski definition) is 5. The minimum atomic E-state index is -3.97. The largest absolute Gasteiger partial charge is 0.493 e. The van der Waals surface area contributed by atoms with Crippen LogP contribution in [0.25, 0.3) is 0 Å². The van der Waals surface area contributed by atoms with Crippen LogP contribution in [0.4, 0.5) is 10.1 Å². The van der Waals surface area contributed by atoms with Gasteiger partial charge in [-0.2, -0.15) is 4.72 Å². The molecule has 1 atom stereocenters. The number of hydrogen-bond donors (Lipinski definition) is 2. The molecular weight excluding hydrogens is 363 g/mol. The summed E-state index contributed by atoms with van der Waals surface area (Å²) in [5.41, 5.74) is 0.355. The van der Waals surface area contributed by atoms with Crippen molar-refractivity contribution < 1.29 is 27.1 Å². The summed E-state index contributed by atoms with van der Waals surface area (Å²) in [5, 5.41) is 2.51. The first-order valence-electron chi connectivity index (χ1n) is 7.57. The van der Waals surface area contributed by atoms with Crippen LogP contribution in [0.2, 0.25) is 0 Å². The van der Waals surface area contributed by atoms with Crippen LogP contribution in [0.3, 0.4) is 0 Å². The Bertz CT molecular complexity index is 885. The molecule has 0 spiro atoms. The Morgan fingerprint density at radius 3 is 2.23 bits per heavy atom. The second kappa shape index (κ2) is 8.15. The number of nitrogens with one attached hydrogen (secondary N) is 2. The van der Waals surface area contributed by atoms with Crippen LogP contribution in [0.15, 0.2) is 47.4 Å². The summed E-state index contributed by atoms with van der Waals surface area (Å²) < 4.78 is 50.3. The third-order valence-electron chi connectivity index (χ3n) is 3.50. The zero-order valence-electron chi connectivity index (χ0n) is 14.4. The number of halogens is 1. The highest BCUT2D eigenvalue weighted by atomic mass is 32.2. The molecule has 1 amide bonds. The smallest absolute Gasteiger partial charge is 0.242 e. The van der Waals surface area contributed by atoms with Gasteiger partial charge in [-0.15, -0.1) is 0 Å². The fraction of sp³-hybridized carbons (Fsp3) is 0.235. The molecule has 2 aromatic carbocycles. The zero-order valence-corrected chi connectivity index (χ0v) is 15.3. The molecular formula is C17H19FN2O5S. The summed E-state index contributed by atoms with van der Waals surface area (Å²) in [7, 11) is -1.14. The van der Waals surface area contributed by atoms with E-state index in [0.717, 1.165) is 0 Å². The maximum atomic E-state index is 12.9. The molecule has 140 valence electrons. The molecule has 2 N–H and O–H groups in total. The SMILES string of the molecule is COc1ccc(S(=O)(=O)N[C@@H](C)C(=O)Nc2ccc(F)cc2)cc1OC. The topological polar surface area (TPSA) is 93.7 Å². The van der Waals surface area contributed by atoms with Gasteiger partial charge >= 0.3 is 0 Å². The van der Waals surface area contributed by atoms with Crippen molar-refractivity contribution in [1.29, 1.82) is 0 Å². The molecule has 0 aliphatic carbocycles. The van der Waals surface area contributed by atoms with Crippen LogP contribution in [0, 0.1) is 5.82 Å². The van der Waals surface area contributed by atoms with Crippen LogP contribution in [0.5, 0.6) is 11.5 Å². The predicted octanol–water partition coefficient (Wildman–Crippen LogP) is 2.15. The van der Waals surface area contributed by atoms with E-state index >= 15 is 0 Å². The molecule has 0 saturated heterocycles. The normalized spacial score (nSPS) is 12.3. The van der Waals surface area contributed by atoms with Crippen molar-refractivity contribution in [2.24, 2.45) is 0 Å². The Kier molecular flexibility index (Phi) is 6.17. The molecule has 2 rings (SSSR count). The zero-order chi connectivity index (χ0) is 19.3. The van der Waals surface area contributed by atoms with Crippen molar-refractivity contribution >= 4 is 21.6 Å². The first-order valence-corrected chi connectivity index (χ1v) is 9.06. The maximum Gasteiger partial charge on any atom is 0.242 e. The highest BCUT2D eigenvalue weighted by Crippen LogP contribution is 2.29. The number of sulfonamides is 1. The molecule has 9 heteroatoms. The lowest BCUT2D eigenvalue weighted by atomic mass is 10.3. The van der Waals surface area contributed by atoms with E-state index in [0.29, 0.717) is 11.4 Å². The minimum Gasteiger partial charge on any atom is -0.493 e. The average Bonchev–Trinajstić information content (AvgIpc) is 2.62. The Balaban J connectivity index is 2.12. The van der Waals surface area contributed by atoms with Gasteiger partial charge in [0.15, 0.2) is 11.5 Å². The molecule has 0 bridgehead atoms. The van der Waals surface area contributed by atoms with Gasteiger partial charge in [0, 0.05) is 11.8 Å². The quantitative estimate of drug-likeness (QED) is 0.765. The van der Waals surface area contributed by atoms with Gasteiger partial charge in [-0.25, -0.2) is 12.8 Å². The van der Waals surface area contributed by atoms with Crippen LogP contribution in [0.1, 0.15) is 6.92 Å². The third kappa shape index (κ3) is 4.70. The summed E-state index contributed by atoms with van der Waals surface area (Å²) in [4.78, 5) is 12.1. The van der Waals surface area contributed by atoms with Crippen LogP contribution in [-0.2, 0) is 14.8 Å². The number of amides is 1. The van der Waals surface area contributed by atoms with Crippen molar-refractivity contribution in [3.63, 3.8) is 0 Å². The van der Waals surface area contributed by atoms with Gasteiger partial charge in [-0.3, -0.25) is 4.79 Å². The molecule has 0 aliphatic rings. The van der Waals surface area contributed by atoms with Crippen molar-refractivity contribution in [3.8, 4) is 11.5 Å². The number of carbonyl (C=O) groups is 1. The molecule has 0 radical (unpaired) electrons. The molecule has 2 aromatic rings. The summed E-state index contributed by atoms with van der Waals surface area (Å²) in [6, 6.07) is 8.17. The monoisotopic (exact) mass is 382 g/mol. The number of carbonyl (C=O) groups excluding carboxylic acids is 1. The molecule has 0 aliphatic heterocycles. The van der Waals surface area contributed by atoms with Gasteiger partial charge in [-0.05, 0) is 43.3 Å². The van der Waals surface area contributed by atoms with E-state index in [1.165, 1.54) is 63.6 Å². The number of ether oxygens (including phenoxy) is 2. The van der Waals surface area contributed by atoms with E-state index in [-0.39, 0.29) is 10.6 Å². The van der Waals surface area contributed by atoms with Crippen LogP contribution >= 0.6 is 0 Å². The lowest BCUT2D eigenvalue weighted by Crippen LogP contribution is -2.41. The number of rotatable bonds is 7. The number of methoxy groups -OCH3 is 2. The fourth-order valence-electron chi connectivity index (χ4n) is 2.12. The Hall–Kier alpha value is -2.65. The second-order valence-corrected chi connectivity index (χ2v) is 7.07. The Morgan fingerprint density at radius 2 is 1.65 bits per heavy atom. The van der Waals surface area contributed by atoms with E-state index < -0.39 is 27.8 Å². The van der Waals surface area contributed by atoms with Gasteiger partial charge in [0.05, 0.1) is 25.2 Å². The standard InChI is InChI=1S/C17H19FN2O5S/c1-11(17(21)19-13-6-4-12(18)5-7-13)20-26(22,23)14-8-9-15(24-2)16(10-14)25-3/h4-11,20H,1-3H3,(H,19,21)/t11-/m0/s1. The van der Waals surface area contributed by atoms with Gasteiger partial charge in [0.25, 0.3) is 0 Å². The minimum absolute atomic E-state index is 0.0726. The first-order chi connectivity index (χ1) is 12.3. The van der Waals surface area contributed by atoms with Crippen LogP contribution < -0.4 is 19.5 Å². The summed E-state index contributed by atoms with van der Waals surface area (Å²) in [6.07, 6.45) is 0. The average molecular weight is 382 g/mol. The molecule has 7 nitrogen and oxygen atoms in total. The van der Waals surface area contributed by atoms with E-state index in [2.05, 4.69) is 10.0 Å². The lowest BCUT2D eigenvalue weighted by Gasteiger charge is -2.15. The van der Waals surface area contributed by atoms with E-state index in [1.54, 1.807) is 0 Å². The van der Waals surface area contributed by atoms with E-state index in [9.17, 15) is 17.6 Å². The predicted molar refractivity (Wildman–Crippen MR) is 94.4 cm³/mol. The first kappa shape index (κ1) is 19.7. The summed E-state index contributed by atoms with van der Waals surface area (Å²) in [6.45, 7) is 1.40. The van der Waals surface area contributed by atoms with E-state index in [1.807, 2.05) is 0 Å². The lowest BCUT2D eigenvalue weighted by molar-refractivity contribution is -0.117. The molecule has 0 saturated carbocycles. The van der Waals surface area contributed by atoms with Crippen LogP contribution in [-0.4, -0.2) is 34.6 Å². The van der Waals surface area contributed by atoms with Crippen molar-refractivity contribution in [2.75, 3.05) is 19.5 Å². The Labute approximate surface area is 151 Å². The molecule has 26 heavy (non-hydrogen) atoms. The number of anilines is 1. The fourth-order valence-corrected chi connectivity index (χ4v) is 3.34. The van der Waals surface area contributed by atoms with Gasteiger partial charge in [0.2, 0.25) is 15.9 Å². The number of benzene rings is 2. The molecule has 0 unspecified atom stereocenters. The molecule has 0 heterocycles. The third-order valence-corrected chi connectivity index (χ3v) is 5.04. The summed E-state index contributed by atoms with van der Waals surface area (Å²) >= 11 is 0. The van der Waals surface area contributed by atoms with Crippen molar-refractivity contribution in [3.05, 3.63) is 48.3 Å². The van der Waals surface area contributed by atoms with Gasteiger partial charge in [-0.1, -0.05) is 0 Å². The molecule has 0 fully saturated rings. The Morgan fingerprint density at radius 1 is 1.04 bits per heavy atom. The summed E-state index contributed by atoms with van der Waals surface area (Å²) in [5.74, 6) is -0.391. The van der Waals surface area contributed by atoms with Crippen molar-refractivity contribution in [2.45, 2.75) is 17.9 Å². The highest BCUT2D eigenvalue weighted by molar-refractivity contribution is 7.89. The second-order valence-electron chi connectivity index (χ2n) is 5.36.